The van der Waals surface area contributed by atoms with Crippen LogP contribution in [-0.4, -0.2) is 30.1 Å². The Hall–Kier alpha value is 0.265. The van der Waals surface area contributed by atoms with Crippen molar-refractivity contribution in [3.63, 3.8) is 0 Å². The SMILES string of the molecule is CCCCC[CH2][Pt]([CH2]CCCCC)([CH2]CCCCC)[C]1=C(C[Si](OC)(OC)OC)C=CC1. The molecule has 0 atom stereocenters. The summed E-state index contributed by atoms with van der Waals surface area (Å²) in [5.41, 5.74) is 1.53. The van der Waals surface area contributed by atoms with E-state index in [0.29, 0.717) is 0 Å². The van der Waals surface area contributed by atoms with Gasteiger partial charge in [0, 0.05) is 0 Å². The molecule has 0 bridgehead atoms. The first-order valence-electron chi connectivity index (χ1n) is 13.1. The summed E-state index contributed by atoms with van der Waals surface area (Å²) in [7, 11) is 2.65. The van der Waals surface area contributed by atoms with Crippen LogP contribution in [0.1, 0.15) is 104 Å². The van der Waals surface area contributed by atoms with E-state index in [1.165, 1.54) is 103 Å². The zero-order valence-corrected chi connectivity index (χ0v) is 25.5. The van der Waals surface area contributed by atoms with Crippen molar-refractivity contribution < 1.29 is 29.3 Å². The fourth-order valence-corrected chi connectivity index (χ4v) is 19.8. The molecule has 0 unspecified atom stereocenters. The van der Waals surface area contributed by atoms with Gasteiger partial charge in [-0.3, -0.25) is 0 Å². The van der Waals surface area contributed by atoms with Gasteiger partial charge in [0.15, 0.2) is 0 Å². The summed E-state index contributed by atoms with van der Waals surface area (Å²) in [6.45, 7) is 6.99. The number of rotatable bonds is 21. The van der Waals surface area contributed by atoms with Crippen molar-refractivity contribution in [3.05, 3.63) is 21.7 Å². The fraction of sp³-hybridized carbons (Fsp3) is 0.852. The van der Waals surface area contributed by atoms with E-state index in [4.69, 9.17) is 13.3 Å². The molecule has 0 aliphatic heterocycles. The molecule has 1 rings (SSSR count). The van der Waals surface area contributed by atoms with E-state index in [2.05, 4.69) is 32.9 Å². The Morgan fingerprint density at radius 2 is 1.12 bits per heavy atom. The summed E-state index contributed by atoms with van der Waals surface area (Å²) in [4.78, 5) is 4.56. The molecule has 194 valence electrons. The molecular formula is C27H54O3PtSi. The van der Waals surface area contributed by atoms with Crippen LogP contribution in [0.4, 0.5) is 0 Å². The standard InChI is InChI=1S/C9H15O3Si.3C6H13.Pt/c1-10-13(11-2,12-3)8-9-6-4-5-7-9;3*1-3-5-6-4-2;/h4,6H,5,8H2,1-3H3;3*1,3-6H2,2H3;. The zero-order chi connectivity index (χ0) is 23.7. The van der Waals surface area contributed by atoms with E-state index in [1.54, 1.807) is 21.3 Å². The molecule has 32 heavy (non-hydrogen) atoms. The van der Waals surface area contributed by atoms with E-state index in [0.717, 1.165) is 6.04 Å². The molecule has 0 fully saturated rings. The number of unbranched alkanes of at least 4 members (excludes halogenated alkanes) is 9. The molecule has 0 N–H and O–H groups in total. The van der Waals surface area contributed by atoms with Crippen LogP contribution in [0.25, 0.3) is 0 Å². The second-order valence-corrected chi connectivity index (χ2v) is 22.5. The van der Waals surface area contributed by atoms with Gasteiger partial charge in [-0.25, -0.2) is 0 Å². The van der Waals surface area contributed by atoms with Gasteiger partial charge in [-0.05, 0) is 0 Å². The molecule has 3 nitrogen and oxygen atoms in total. The van der Waals surface area contributed by atoms with E-state index >= 15 is 0 Å². The van der Waals surface area contributed by atoms with Crippen LogP contribution in [0, 0.1) is 0 Å². The van der Waals surface area contributed by atoms with Crippen molar-refractivity contribution in [1.29, 1.82) is 0 Å². The summed E-state index contributed by atoms with van der Waals surface area (Å²) in [6.07, 6.45) is 22.7. The maximum atomic E-state index is 5.84. The summed E-state index contributed by atoms with van der Waals surface area (Å²) in [6, 6.07) is 0.840. The fourth-order valence-electron chi connectivity index (χ4n) is 4.40. The first-order valence-corrected chi connectivity index (χ1v) is 21.0. The Bertz CT molecular complexity index is 503. The molecule has 0 aromatic rings. The normalized spacial score (nSPS) is 15.2. The Morgan fingerprint density at radius 1 is 0.688 bits per heavy atom. The van der Waals surface area contributed by atoms with Gasteiger partial charge < -0.3 is 0 Å². The Balaban J connectivity index is 3.22. The van der Waals surface area contributed by atoms with Crippen molar-refractivity contribution in [1.82, 2.24) is 0 Å². The molecular weight excluding hydrogens is 595 g/mol. The molecule has 0 aromatic heterocycles. The Kier molecular flexibility index (Phi) is 16.7. The third-order valence-electron chi connectivity index (χ3n) is 6.48. The molecule has 0 amide bonds. The van der Waals surface area contributed by atoms with Crippen LogP contribution in [0.3, 0.4) is 0 Å². The molecule has 0 saturated carbocycles. The first kappa shape index (κ1) is 30.3. The maximum absolute atomic E-state index is 5.84. The van der Waals surface area contributed by atoms with E-state index in [1.807, 2.05) is 3.96 Å². The molecule has 1 aliphatic rings. The van der Waals surface area contributed by atoms with Crippen LogP contribution in [0.15, 0.2) is 21.7 Å². The molecule has 0 saturated heterocycles. The van der Waals surface area contributed by atoms with Gasteiger partial charge in [0.05, 0.1) is 0 Å². The minimum atomic E-state index is -2.62. The van der Waals surface area contributed by atoms with Crippen molar-refractivity contribution >= 4 is 8.80 Å². The van der Waals surface area contributed by atoms with Crippen LogP contribution >= 0.6 is 0 Å². The van der Waals surface area contributed by atoms with E-state index in [9.17, 15) is 0 Å². The first-order chi connectivity index (χ1) is 15.6. The molecule has 0 aromatic carbocycles. The molecule has 0 spiro atoms. The second-order valence-electron chi connectivity index (χ2n) is 8.94. The second kappa shape index (κ2) is 17.7. The van der Waals surface area contributed by atoms with Crippen LogP contribution < -0.4 is 0 Å². The Morgan fingerprint density at radius 3 is 1.50 bits per heavy atom. The van der Waals surface area contributed by atoms with Crippen molar-refractivity contribution in [3.8, 4) is 0 Å². The molecule has 0 heterocycles. The van der Waals surface area contributed by atoms with Crippen molar-refractivity contribution in [2.45, 2.75) is 125 Å². The predicted molar refractivity (Wildman–Crippen MR) is 139 cm³/mol. The predicted octanol–water partition coefficient (Wildman–Crippen LogP) is 9.23. The number of hydrogen-bond donors (Lipinski definition) is 0. The monoisotopic (exact) mass is 649 g/mol. The van der Waals surface area contributed by atoms with Crippen LogP contribution in [0.2, 0.25) is 20.5 Å². The average Bonchev–Trinajstić information content (AvgIpc) is 3.29. The zero-order valence-electron chi connectivity index (χ0n) is 22.2. The molecule has 1 aliphatic carbocycles. The quantitative estimate of drug-likeness (QED) is 0.0917. The Labute approximate surface area is 205 Å². The topological polar surface area (TPSA) is 27.7 Å². The van der Waals surface area contributed by atoms with Gasteiger partial charge >= 0.3 is 206 Å². The van der Waals surface area contributed by atoms with Crippen molar-refractivity contribution in [2.75, 3.05) is 21.3 Å². The number of allylic oxidation sites excluding steroid dienone is 4. The average molecular weight is 650 g/mol. The van der Waals surface area contributed by atoms with Crippen molar-refractivity contribution in [2.24, 2.45) is 0 Å². The molecule has 0 radical (unpaired) electrons. The van der Waals surface area contributed by atoms with Gasteiger partial charge in [0.2, 0.25) is 0 Å². The minimum absolute atomic E-state index is 0.840. The van der Waals surface area contributed by atoms with Crippen LogP contribution in [-0.2, 0) is 29.3 Å². The van der Waals surface area contributed by atoms with Crippen LogP contribution in [0.5, 0.6) is 0 Å². The van der Waals surface area contributed by atoms with Gasteiger partial charge in [-0.2, -0.15) is 0 Å². The van der Waals surface area contributed by atoms with E-state index < -0.39 is 24.9 Å². The summed E-state index contributed by atoms with van der Waals surface area (Å²) in [5, 5.41) is 0. The van der Waals surface area contributed by atoms with Gasteiger partial charge in [0.1, 0.15) is 0 Å². The third-order valence-corrected chi connectivity index (χ3v) is 22.2. The molecule has 5 heteroatoms. The summed E-state index contributed by atoms with van der Waals surface area (Å²) in [5.74, 6) is 0. The number of hydrogen-bond acceptors (Lipinski definition) is 3. The van der Waals surface area contributed by atoms with E-state index in [-0.39, 0.29) is 0 Å². The third kappa shape index (κ3) is 9.86. The summed E-state index contributed by atoms with van der Waals surface area (Å²) >= 11 is -2.10. The van der Waals surface area contributed by atoms with Gasteiger partial charge in [0.25, 0.3) is 0 Å². The van der Waals surface area contributed by atoms with Gasteiger partial charge in [-0.1, -0.05) is 0 Å². The summed E-state index contributed by atoms with van der Waals surface area (Å²) < 4.78 is 19.4. The van der Waals surface area contributed by atoms with Gasteiger partial charge in [-0.15, -0.1) is 0 Å².